The largest absolute Gasteiger partial charge is 0.397 e. The number of aryl methyl sites for hydroxylation is 2. The lowest BCUT2D eigenvalue weighted by Gasteiger charge is -2.10. The summed E-state index contributed by atoms with van der Waals surface area (Å²) in [4.78, 5) is 11.8. The summed E-state index contributed by atoms with van der Waals surface area (Å²) in [5.41, 5.74) is 7.98. The topological polar surface area (TPSA) is 85.0 Å². The zero-order chi connectivity index (χ0) is 13.1. The Morgan fingerprint density at radius 3 is 2.72 bits per heavy atom. The number of hydrogen-bond acceptors (Lipinski definition) is 3. The van der Waals surface area contributed by atoms with Gasteiger partial charge >= 0.3 is 6.03 Å². The molecule has 4 N–H and O–H groups in total. The van der Waals surface area contributed by atoms with Gasteiger partial charge in [0.1, 0.15) is 5.82 Å². The molecule has 0 radical (unpaired) electrons. The minimum atomic E-state index is -0.353. The second-order valence-electron chi connectivity index (χ2n) is 4.01. The second kappa shape index (κ2) is 4.79. The number of benzene rings is 1. The van der Waals surface area contributed by atoms with Crippen molar-refractivity contribution in [3.8, 4) is 0 Å². The molecule has 0 bridgehead atoms. The SMILES string of the molecule is Cc1ccc(NC(=O)Nc2ccnn2C)c(N)c1. The minimum absolute atomic E-state index is 0.353. The zero-order valence-corrected chi connectivity index (χ0v) is 10.3. The van der Waals surface area contributed by atoms with Crippen molar-refractivity contribution in [1.29, 1.82) is 0 Å². The second-order valence-corrected chi connectivity index (χ2v) is 4.01. The Hall–Kier alpha value is -2.50. The number of anilines is 3. The summed E-state index contributed by atoms with van der Waals surface area (Å²) in [5, 5.41) is 9.32. The molecule has 2 amide bonds. The molecular formula is C12H15N5O. The van der Waals surface area contributed by atoms with Gasteiger partial charge in [0.15, 0.2) is 0 Å². The molecular weight excluding hydrogens is 230 g/mol. The summed E-state index contributed by atoms with van der Waals surface area (Å²) < 4.78 is 1.57. The molecule has 0 aliphatic carbocycles. The first-order valence-corrected chi connectivity index (χ1v) is 5.48. The van der Waals surface area contributed by atoms with E-state index in [4.69, 9.17) is 5.73 Å². The van der Waals surface area contributed by atoms with Gasteiger partial charge in [0.05, 0.1) is 17.6 Å². The molecule has 0 saturated carbocycles. The third kappa shape index (κ3) is 2.60. The average molecular weight is 245 g/mol. The Labute approximate surface area is 105 Å². The first-order chi connectivity index (χ1) is 8.56. The van der Waals surface area contributed by atoms with Crippen LogP contribution < -0.4 is 16.4 Å². The smallest absolute Gasteiger partial charge is 0.324 e. The fourth-order valence-corrected chi connectivity index (χ4v) is 1.56. The number of hydrogen-bond donors (Lipinski definition) is 3. The predicted octanol–water partition coefficient (Wildman–Crippen LogP) is 1.95. The lowest BCUT2D eigenvalue weighted by molar-refractivity contribution is 0.262. The monoisotopic (exact) mass is 245 g/mol. The molecule has 0 fully saturated rings. The standard InChI is InChI=1S/C12H15N5O/c1-8-3-4-10(9(13)7-8)15-12(18)16-11-5-6-14-17(11)2/h3-7H,13H2,1-2H3,(H2,15,16,18). The number of carbonyl (C=O) groups excluding carboxylic acids is 1. The number of nitrogens with zero attached hydrogens (tertiary/aromatic N) is 2. The van der Waals surface area contributed by atoms with E-state index < -0.39 is 0 Å². The maximum Gasteiger partial charge on any atom is 0.324 e. The molecule has 2 aromatic rings. The number of nitrogens with one attached hydrogen (secondary N) is 2. The molecule has 1 heterocycles. The van der Waals surface area contributed by atoms with Crippen molar-refractivity contribution in [3.63, 3.8) is 0 Å². The summed E-state index contributed by atoms with van der Waals surface area (Å²) in [5.74, 6) is 0.609. The van der Waals surface area contributed by atoms with Crippen LogP contribution in [0.1, 0.15) is 5.56 Å². The number of amides is 2. The van der Waals surface area contributed by atoms with Gasteiger partial charge in [-0.3, -0.25) is 10.00 Å². The number of urea groups is 1. The number of nitrogens with two attached hydrogens (primary N) is 1. The van der Waals surface area contributed by atoms with Gasteiger partial charge < -0.3 is 11.1 Å². The van der Waals surface area contributed by atoms with E-state index in [0.29, 0.717) is 17.2 Å². The van der Waals surface area contributed by atoms with E-state index in [9.17, 15) is 4.79 Å². The van der Waals surface area contributed by atoms with Crippen LogP contribution in [0.5, 0.6) is 0 Å². The molecule has 0 saturated heterocycles. The molecule has 0 aliphatic heterocycles. The van der Waals surface area contributed by atoms with Crippen molar-refractivity contribution >= 4 is 23.2 Å². The molecule has 94 valence electrons. The van der Waals surface area contributed by atoms with Crippen LogP contribution in [0.25, 0.3) is 0 Å². The van der Waals surface area contributed by atoms with Gasteiger partial charge in [0, 0.05) is 13.1 Å². The van der Waals surface area contributed by atoms with E-state index in [1.165, 1.54) is 0 Å². The van der Waals surface area contributed by atoms with Crippen molar-refractivity contribution in [2.45, 2.75) is 6.92 Å². The normalized spacial score (nSPS) is 10.1. The van der Waals surface area contributed by atoms with Gasteiger partial charge in [0.25, 0.3) is 0 Å². The highest BCUT2D eigenvalue weighted by Gasteiger charge is 2.07. The van der Waals surface area contributed by atoms with Crippen LogP contribution in [0.3, 0.4) is 0 Å². The number of rotatable bonds is 2. The summed E-state index contributed by atoms with van der Waals surface area (Å²) in [6.07, 6.45) is 1.61. The van der Waals surface area contributed by atoms with Crippen LogP contribution in [0, 0.1) is 6.92 Å². The average Bonchev–Trinajstić information content (AvgIpc) is 2.69. The third-order valence-electron chi connectivity index (χ3n) is 2.52. The van der Waals surface area contributed by atoms with Crippen molar-refractivity contribution in [3.05, 3.63) is 36.0 Å². The van der Waals surface area contributed by atoms with Gasteiger partial charge in [-0.25, -0.2) is 4.79 Å². The molecule has 6 nitrogen and oxygen atoms in total. The predicted molar refractivity (Wildman–Crippen MR) is 71.4 cm³/mol. The maximum atomic E-state index is 11.8. The van der Waals surface area contributed by atoms with Crippen LogP contribution >= 0.6 is 0 Å². The minimum Gasteiger partial charge on any atom is -0.397 e. The lowest BCUT2D eigenvalue weighted by Crippen LogP contribution is -2.21. The fraction of sp³-hybridized carbons (Fsp3) is 0.167. The van der Waals surface area contributed by atoms with E-state index in [-0.39, 0.29) is 6.03 Å². The molecule has 0 unspecified atom stereocenters. The van der Waals surface area contributed by atoms with Crippen molar-refractivity contribution < 1.29 is 4.79 Å². The van der Waals surface area contributed by atoms with Crippen molar-refractivity contribution in [2.75, 3.05) is 16.4 Å². The van der Waals surface area contributed by atoms with Crippen molar-refractivity contribution in [2.24, 2.45) is 7.05 Å². The van der Waals surface area contributed by atoms with Crippen LogP contribution in [0.2, 0.25) is 0 Å². The Morgan fingerprint density at radius 1 is 1.33 bits per heavy atom. The fourth-order valence-electron chi connectivity index (χ4n) is 1.56. The Morgan fingerprint density at radius 2 is 2.11 bits per heavy atom. The number of aromatic nitrogens is 2. The highest BCUT2D eigenvalue weighted by atomic mass is 16.2. The highest BCUT2D eigenvalue weighted by molar-refractivity contribution is 6.01. The molecule has 1 aromatic carbocycles. The van der Waals surface area contributed by atoms with Crippen LogP contribution in [-0.4, -0.2) is 15.8 Å². The Bertz CT molecular complexity index is 576. The first-order valence-electron chi connectivity index (χ1n) is 5.48. The van der Waals surface area contributed by atoms with Gasteiger partial charge in [-0.1, -0.05) is 6.07 Å². The van der Waals surface area contributed by atoms with Crippen molar-refractivity contribution in [1.82, 2.24) is 9.78 Å². The highest BCUT2D eigenvalue weighted by Crippen LogP contribution is 2.19. The van der Waals surface area contributed by atoms with Crippen LogP contribution in [-0.2, 0) is 7.05 Å². The van der Waals surface area contributed by atoms with Gasteiger partial charge in [0.2, 0.25) is 0 Å². The summed E-state index contributed by atoms with van der Waals surface area (Å²) in [7, 11) is 1.75. The maximum absolute atomic E-state index is 11.8. The molecule has 2 rings (SSSR count). The summed E-state index contributed by atoms with van der Waals surface area (Å²) >= 11 is 0. The zero-order valence-electron chi connectivity index (χ0n) is 10.3. The third-order valence-corrected chi connectivity index (χ3v) is 2.52. The Balaban J connectivity index is 2.05. The summed E-state index contributed by atoms with van der Waals surface area (Å²) in [6, 6.07) is 6.82. The quantitative estimate of drug-likeness (QED) is 0.707. The van der Waals surface area contributed by atoms with E-state index in [2.05, 4.69) is 15.7 Å². The van der Waals surface area contributed by atoms with Crippen LogP contribution in [0.15, 0.2) is 30.5 Å². The summed E-state index contributed by atoms with van der Waals surface area (Å²) in [6.45, 7) is 1.94. The molecule has 6 heteroatoms. The molecule has 0 atom stereocenters. The Kier molecular flexibility index (Phi) is 3.18. The van der Waals surface area contributed by atoms with E-state index in [1.54, 1.807) is 36.1 Å². The molecule has 0 aliphatic rings. The van der Waals surface area contributed by atoms with Gasteiger partial charge in [-0.2, -0.15) is 5.10 Å². The molecule has 18 heavy (non-hydrogen) atoms. The number of carbonyl (C=O) groups is 1. The molecule has 1 aromatic heterocycles. The van der Waals surface area contributed by atoms with E-state index >= 15 is 0 Å². The number of nitrogen functional groups attached to an aromatic ring is 1. The van der Waals surface area contributed by atoms with E-state index in [1.807, 2.05) is 13.0 Å². The van der Waals surface area contributed by atoms with Gasteiger partial charge in [-0.05, 0) is 24.6 Å². The van der Waals surface area contributed by atoms with Crippen LogP contribution in [0.4, 0.5) is 22.0 Å². The van der Waals surface area contributed by atoms with E-state index in [0.717, 1.165) is 5.56 Å². The lowest BCUT2D eigenvalue weighted by atomic mass is 10.2. The first kappa shape index (κ1) is 12.0. The molecule has 0 spiro atoms. The van der Waals surface area contributed by atoms with Gasteiger partial charge in [-0.15, -0.1) is 0 Å².